The summed E-state index contributed by atoms with van der Waals surface area (Å²) in [5.41, 5.74) is 0.646. The number of methoxy groups -OCH3 is 1. The molecule has 0 atom stereocenters. The van der Waals surface area contributed by atoms with Gasteiger partial charge in [-0.15, -0.1) is 11.3 Å². The maximum absolute atomic E-state index is 12.7. The maximum atomic E-state index is 12.7. The predicted molar refractivity (Wildman–Crippen MR) is 130 cm³/mol. The van der Waals surface area contributed by atoms with Gasteiger partial charge >= 0.3 is 12.1 Å². The highest BCUT2D eigenvalue weighted by atomic mass is 32.1. The number of aryl methyl sites for hydroxylation is 1. The first-order valence-electron chi connectivity index (χ1n) is 9.86. The molecule has 11 nitrogen and oxygen atoms in total. The summed E-state index contributed by atoms with van der Waals surface area (Å²) in [6.07, 6.45) is 2.25. The summed E-state index contributed by atoms with van der Waals surface area (Å²) >= 11 is 1.16. The second-order valence-electron chi connectivity index (χ2n) is 7.09. The number of hydrogen-bond donors (Lipinski definition) is 2. The zero-order valence-electron chi connectivity index (χ0n) is 18.7. The van der Waals surface area contributed by atoms with Gasteiger partial charge in [0.1, 0.15) is 16.3 Å². The molecule has 0 radical (unpaired) electrons. The van der Waals surface area contributed by atoms with Gasteiger partial charge in [-0.1, -0.05) is 13.2 Å². The zero-order valence-corrected chi connectivity index (χ0v) is 19.5. The molecule has 1 aromatic carbocycles. The Morgan fingerprint density at radius 1 is 1.20 bits per heavy atom. The minimum Gasteiger partial charge on any atom is -0.465 e. The molecule has 12 heteroatoms. The van der Waals surface area contributed by atoms with E-state index in [-0.39, 0.29) is 22.8 Å². The number of hydrogen-bond acceptors (Lipinski definition) is 8. The Morgan fingerprint density at radius 2 is 1.89 bits per heavy atom. The van der Waals surface area contributed by atoms with Crippen molar-refractivity contribution in [3.8, 4) is 5.75 Å². The highest BCUT2D eigenvalue weighted by Crippen LogP contribution is 2.19. The Kier molecular flexibility index (Phi) is 7.46. The fourth-order valence-electron chi connectivity index (χ4n) is 2.94. The quantitative estimate of drug-likeness (QED) is 0.291. The maximum Gasteiger partial charge on any atom is 0.417 e. The molecule has 3 aromatic rings. The van der Waals surface area contributed by atoms with Crippen LogP contribution < -0.4 is 25.1 Å². The lowest BCUT2D eigenvalue weighted by molar-refractivity contribution is -0.384. The summed E-state index contributed by atoms with van der Waals surface area (Å²) in [6.45, 7) is 7.69. The van der Waals surface area contributed by atoms with Crippen molar-refractivity contribution in [2.45, 2.75) is 0 Å². The average molecular weight is 497 g/mol. The number of thiophene rings is 1. The standard InChI is InChI=1S/C23H20N4O7S/c1-13(9-15-10-20(22(29)33-4)35-14(15)2)24-21(28)19-11-16(12-26(19)3)25-23(30)34-18-7-5-17(6-8-18)27(31)32/h5-12H,1-2H2,3-4H3,(H,24,28)(H,25,30)/b15-9-. The Bertz CT molecular complexity index is 1440. The third kappa shape index (κ3) is 6.21. The van der Waals surface area contributed by atoms with Crippen molar-refractivity contribution in [2.24, 2.45) is 7.05 Å². The van der Waals surface area contributed by atoms with Crippen LogP contribution in [0.15, 0.2) is 54.9 Å². The third-order valence-corrected chi connectivity index (χ3v) is 5.56. The predicted octanol–water partition coefficient (Wildman–Crippen LogP) is 2.53. The molecule has 0 saturated carbocycles. The van der Waals surface area contributed by atoms with E-state index in [0.717, 1.165) is 11.3 Å². The van der Waals surface area contributed by atoms with Gasteiger partial charge in [0.25, 0.3) is 11.6 Å². The molecule has 0 aliphatic carbocycles. The largest absolute Gasteiger partial charge is 0.465 e. The molecule has 2 aromatic heterocycles. The van der Waals surface area contributed by atoms with Crippen LogP contribution >= 0.6 is 11.3 Å². The van der Waals surface area contributed by atoms with E-state index in [1.54, 1.807) is 19.2 Å². The third-order valence-electron chi connectivity index (χ3n) is 4.57. The fraction of sp³-hybridized carbons (Fsp3) is 0.0870. The number of esters is 1. The number of nitrogens with zero attached hydrogens (tertiary/aromatic N) is 2. The van der Waals surface area contributed by atoms with Gasteiger partial charge in [0, 0.05) is 35.6 Å². The number of allylic oxidation sites excluding steroid dienone is 1. The number of non-ortho nitro benzene ring substituents is 1. The SMILES string of the molecule is C=C(/C=c1/cc(C(=O)OC)sc1=C)NC(=O)c1cc(NC(=O)Oc2ccc([N+](=O)[O-])cc2)cn1C. The fourth-order valence-corrected chi connectivity index (χ4v) is 3.80. The van der Waals surface area contributed by atoms with E-state index in [0.29, 0.717) is 20.3 Å². The molecular formula is C23H20N4O7S. The van der Waals surface area contributed by atoms with Gasteiger partial charge in [0.05, 0.1) is 17.7 Å². The number of amides is 2. The Balaban J connectivity index is 1.65. The summed E-state index contributed by atoms with van der Waals surface area (Å²) in [7, 11) is 2.90. The van der Waals surface area contributed by atoms with Gasteiger partial charge in [-0.2, -0.15) is 0 Å². The van der Waals surface area contributed by atoms with Crippen LogP contribution in [0.1, 0.15) is 20.2 Å². The second-order valence-corrected chi connectivity index (χ2v) is 8.23. The van der Waals surface area contributed by atoms with Crippen LogP contribution in [0.5, 0.6) is 5.75 Å². The van der Waals surface area contributed by atoms with Crippen molar-refractivity contribution in [1.29, 1.82) is 0 Å². The molecule has 0 spiro atoms. The van der Waals surface area contributed by atoms with Crippen LogP contribution in [0.4, 0.5) is 16.2 Å². The second kappa shape index (κ2) is 10.5. The Labute approximate surface area is 202 Å². The lowest BCUT2D eigenvalue weighted by Gasteiger charge is -2.05. The molecule has 180 valence electrons. The highest BCUT2D eigenvalue weighted by Gasteiger charge is 2.15. The number of anilines is 1. The lowest BCUT2D eigenvalue weighted by atomic mass is 10.3. The molecule has 35 heavy (non-hydrogen) atoms. The first-order valence-corrected chi connectivity index (χ1v) is 10.7. The van der Waals surface area contributed by atoms with E-state index in [2.05, 4.69) is 23.8 Å². The highest BCUT2D eigenvalue weighted by molar-refractivity contribution is 7.11. The molecule has 2 amide bonds. The van der Waals surface area contributed by atoms with Crippen molar-refractivity contribution >= 4 is 53.3 Å². The van der Waals surface area contributed by atoms with E-state index < -0.39 is 22.9 Å². The van der Waals surface area contributed by atoms with E-state index in [1.165, 1.54) is 48.2 Å². The van der Waals surface area contributed by atoms with Crippen LogP contribution in [0.25, 0.3) is 12.7 Å². The van der Waals surface area contributed by atoms with Crippen LogP contribution in [-0.4, -0.2) is 34.6 Å². The van der Waals surface area contributed by atoms with Gasteiger partial charge in [-0.05, 0) is 35.6 Å². The van der Waals surface area contributed by atoms with Gasteiger partial charge in [-0.25, -0.2) is 9.59 Å². The van der Waals surface area contributed by atoms with E-state index >= 15 is 0 Å². The number of nitro groups is 1. The zero-order chi connectivity index (χ0) is 25.7. The summed E-state index contributed by atoms with van der Waals surface area (Å²) in [6, 6.07) is 8.04. The van der Waals surface area contributed by atoms with E-state index in [4.69, 9.17) is 9.47 Å². The monoisotopic (exact) mass is 496 g/mol. The van der Waals surface area contributed by atoms with Gasteiger partial charge in [-0.3, -0.25) is 20.2 Å². The summed E-state index contributed by atoms with van der Waals surface area (Å²) in [5, 5.41) is 16.4. The number of nitro benzene ring substituents is 1. The Hall–Kier alpha value is -4.71. The summed E-state index contributed by atoms with van der Waals surface area (Å²) in [5.74, 6) is -0.855. The number of rotatable bonds is 7. The summed E-state index contributed by atoms with van der Waals surface area (Å²) in [4.78, 5) is 47.0. The smallest absolute Gasteiger partial charge is 0.417 e. The van der Waals surface area contributed by atoms with E-state index in [1.807, 2.05) is 0 Å². The molecule has 0 fully saturated rings. The molecule has 0 aliphatic rings. The van der Waals surface area contributed by atoms with Crippen LogP contribution in [0.2, 0.25) is 0 Å². The first-order chi connectivity index (χ1) is 16.6. The molecule has 3 rings (SSSR count). The molecule has 0 unspecified atom stereocenters. The molecule has 0 bridgehead atoms. The van der Waals surface area contributed by atoms with Crippen molar-refractivity contribution in [3.05, 3.63) is 85.3 Å². The van der Waals surface area contributed by atoms with Crippen molar-refractivity contribution < 1.29 is 28.8 Å². The lowest BCUT2D eigenvalue weighted by Crippen LogP contribution is -2.25. The number of carbonyl (C=O) groups is 3. The van der Waals surface area contributed by atoms with Crippen molar-refractivity contribution in [2.75, 3.05) is 12.4 Å². The van der Waals surface area contributed by atoms with Crippen LogP contribution in [0, 0.1) is 10.1 Å². The first kappa shape index (κ1) is 24.9. The van der Waals surface area contributed by atoms with Crippen LogP contribution in [-0.2, 0) is 11.8 Å². The minimum atomic E-state index is -0.837. The number of benzene rings is 1. The van der Waals surface area contributed by atoms with Gasteiger partial charge in [0.15, 0.2) is 0 Å². The van der Waals surface area contributed by atoms with Gasteiger partial charge in [0.2, 0.25) is 0 Å². The average Bonchev–Trinajstić information content (AvgIpc) is 3.35. The summed E-state index contributed by atoms with van der Waals surface area (Å²) < 4.78 is 11.9. The van der Waals surface area contributed by atoms with Crippen LogP contribution in [0.3, 0.4) is 0 Å². The molecule has 0 saturated heterocycles. The number of aromatic nitrogens is 1. The normalized spacial score (nSPS) is 11.0. The molecule has 2 heterocycles. The van der Waals surface area contributed by atoms with Crippen molar-refractivity contribution in [1.82, 2.24) is 9.88 Å². The number of nitrogens with one attached hydrogen (secondary N) is 2. The molecule has 2 N–H and O–H groups in total. The topological polar surface area (TPSA) is 142 Å². The molecule has 0 aliphatic heterocycles. The van der Waals surface area contributed by atoms with Crippen molar-refractivity contribution in [3.63, 3.8) is 0 Å². The van der Waals surface area contributed by atoms with Gasteiger partial charge < -0.3 is 19.4 Å². The van der Waals surface area contributed by atoms with E-state index in [9.17, 15) is 24.5 Å². The Morgan fingerprint density at radius 3 is 2.51 bits per heavy atom. The number of carbonyl (C=O) groups excluding carboxylic acids is 3. The number of ether oxygens (including phenoxy) is 2. The molecular weight excluding hydrogens is 476 g/mol. The minimum absolute atomic E-state index is 0.113.